The summed E-state index contributed by atoms with van der Waals surface area (Å²) in [6.45, 7) is 2.50. The van der Waals surface area contributed by atoms with Crippen molar-refractivity contribution in [2.75, 3.05) is 18.5 Å². The molecule has 5 heteroatoms. The minimum atomic E-state index is -0.377. The van der Waals surface area contributed by atoms with Gasteiger partial charge in [0.2, 0.25) is 11.8 Å². The molecule has 2 heterocycles. The highest BCUT2D eigenvalue weighted by atomic mass is 16.2. The SMILES string of the molecule is CCc1ccc(N2CC(C(=O)N(C)C(c3ccccc3)c3ccccn3)CC2=O)cc1. The van der Waals surface area contributed by atoms with Crippen LogP contribution in [0.1, 0.15) is 36.2 Å². The molecule has 2 atom stereocenters. The lowest BCUT2D eigenvalue weighted by molar-refractivity contribution is -0.136. The number of amides is 2. The third-order valence-electron chi connectivity index (χ3n) is 5.95. The lowest BCUT2D eigenvalue weighted by Crippen LogP contribution is -2.38. The van der Waals surface area contributed by atoms with E-state index in [-0.39, 0.29) is 30.2 Å². The number of aromatic nitrogens is 1. The average molecular weight is 414 g/mol. The Morgan fingerprint density at radius 3 is 2.42 bits per heavy atom. The lowest BCUT2D eigenvalue weighted by Gasteiger charge is -2.30. The van der Waals surface area contributed by atoms with Gasteiger partial charge in [0.05, 0.1) is 17.7 Å². The van der Waals surface area contributed by atoms with Crippen molar-refractivity contribution >= 4 is 17.5 Å². The first-order valence-electron chi connectivity index (χ1n) is 10.7. The number of carbonyl (C=O) groups is 2. The van der Waals surface area contributed by atoms with Gasteiger partial charge in [-0.25, -0.2) is 0 Å². The Bertz CT molecular complexity index is 996. The molecule has 0 bridgehead atoms. The molecule has 0 aliphatic carbocycles. The first-order chi connectivity index (χ1) is 15.1. The molecule has 1 saturated heterocycles. The van der Waals surface area contributed by atoms with Gasteiger partial charge in [-0.1, -0.05) is 55.5 Å². The molecule has 0 radical (unpaired) electrons. The number of carbonyl (C=O) groups excluding carboxylic acids is 2. The van der Waals surface area contributed by atoms with Crippen LogP contribution < -0.4 is 4.90 Å². The molecular formula is C26H27N3O2. The molecule has 0 saturated carbocycles. The van der Waals surface area contributed by atoms with Crippen LogP contribution in [0.4, 0.5) is 5.69 Å². The number of hydrogen-bond donors (Lipinski definition) is 0. The first-order valence-corrected chi connectivity index (χ1v) is 10.7. The van der Waals surface area contributed by atoms with Crippen LogP contribution in [-0.2, 0) is 16.0 Å². The van der Waals surface area contributed by atoms with Gasteiger partial charge < -0.3 is 9.80 Å². The smallest absolute Gasteiger partial charge is 0.228 e. The highest BCUT2D eigenvalue weighted by Crippen LogP contribution is 2.31. The fraction of sp³-hybridized carbons (Fsp3) is 0.269. The Labute approximate surface area is 183 Å². The number of pyridine rings is 1. The van der Waals surface area contributed by atoms with Crippen LogP contribution in [0, 0.1) is 5.92 Å². The van der Waals surface area contributed by atoms with Gasteiger partial charge in [0.1, 0.15) is 0 Å². The van der Waals surface area contributed by atoms with Gasteiger partial charge in [-0.15, -0.1) is 0 Å². The minimum Gasteiger partial charge on any atom is -0.333 e. The summed E-state index contributed by atoms with van der Waals surface area (Å²) in [5, 5.41) is 0. The van der Waals surface area contributed by atoms with Gasteiger partial charge in [-0.3, -0.25) is 14.6 Å². The maximum atomic E-state index is 13.5. The second kappa shape index (κ2) is 9.13. The van der Waals surface area contributed by atoms with Crippen molar-refractivity contribution in [3.63, 3.8) is 0 Å². The van der Waals surface area contributed by atoms with E-state index in [1.165, 1.54) is 5.56 Å². The molecule has 4 rings (SSSR count). The monoisotopic (exact) mass is 413 g/mol. The van der Waals surface area contributed by atoms with E-state index in [9.17, 15) is 9.59 Å². The van der Waals surface area contributed by atoms with Gasteiger partial charge in [0.15, 0.2) is 0 Å². The quantitative estimate of drug-likeness (QED) is 0.607. The van der Waals surface area contributed by atoms with Crippen LogP contribution >= 0.6 is 0 Å². The van der Waals surface area contributed by atoms with E-state index in [0.717, 1.165) is 23.4 Å². The van der Waals surface area contributed by atoms with Gasteiger partial charge >= 0.3 is 0 Å². The Morgan fingerprint density at radius 2 is 1.77 bits per heavy atom. The molecule has 158 valence electrons. The van der Waals surface area contributed by atoms with E-state index >= 15 is 0 Å². The van der Waals surface area contributed by atoms with Crippen molar-refractivity contribution in [1.82, 2.24) is 9.88 Å². The fourth-order valence-corrected chi connectivity index (χ4v) is 4.22. The largest absolute Gasteiger partial charge is 0.333 e. The molecule has 1 fully saturated rings. The second-order valence-corrected chi connectivity index (χ2v) is 7.94. The normalized spacial score (nSPS) is 16.9. The summed E-state index contributed by atoms with van der Waals surface area (Å²) in [5.41, 5.74) is 3.88. The molecule has 31 heavy (non-hydrogen) atoms. The summed E-state index contributed by atoms with van der Waals surface area (Å²) in [4.78, 5) is 34.2. The van der Waals surface area contributed by atoms with Gasteiger partial charge in [-0.05, 0) is 41.8 Å². The predicted molar refractivity (Wildman–Crippen MR) is 122 cm³/mol. The summed E-state index contributed by atoms with van der Waals surface area (Å²) < 4.78 is 0. The summed E-state index contributed by atoms with van der Waals surface area (Å²) in [5.74, 6) is -0.427. The first kappa shape index (κ1) is 20.8. The van der Waals surface area contributed by atoms with Gasteiger partial charge in [0, 0.05) is 31.9 Å². The Hall–Kier alpha value is -3.47. The summed E-state index contributed by atoms with van der Waals surface area (Å²) >= 11 is 0. The standard InChI is InChI=1S/C26H27N3O2/c1-3-19-12-14-22(15-13-19)29-18-21(17-24(29)30)26(31)28(2)25(20-9-5-4-6-10-20)23-11-7-8-16-27-23/h4-16,21,25H,3,17-18H2,1-2H3. The molecule has 2 unspecified atom stereocenters. The topological polar surface area (TPSA) is 53.5 Å². The van der Waals surface area contributed by atoms with E-state index < -0.39 is 0 Å². The van der Waals surface area contributed by atoms with Crippen molar-refractivity contribution in [1.29, 1.82) is 0 Å². The maximum absolute atomic E-state index is 13.5. The van der Waals surface area contributed by atoms with Crippen molar-refractivity contribution < 1.29 is 9.59 Å². The number of aryl methyl sites for hydroxylation is 1. The van der Waals surface area contributed by atoms with Crippen molar-refractivity contribution in [3.8, 4) is 0 Å². The minimum absolute atomic E-state index is 0.00917. The molecule has 2 aromatic carbocycles. The van der Waals surface area contributed by atoms with E-state index in [0.29, 0.717) is 6.54 Å². The third-order valence-corrected chi connectivity index (χ3v) is 5.95. The lowest BCUT2D eigenvalue weighted by atomic mass is 9.99. The number of hydrogen-bond acceptors (Lipinski definition) is 3. The van der Waals surface area contributed by atoms with Crippen LogP contribution in [0.2, 0.25) is 0 Å². The van der Waals surface area contributed by atoms with E-state index in [2.05, 4.69) is 11.9 Å². The average Bonchev–Trinajstić information content (AvgIpc) is 3.21. The highest BCUT2D eigenvalue weighted by Gasteiger charge is 2.38. The Balaban J connectivity index is 1.56. The van der Waals surface area contributed by atoms with Gasteiger partial charge in [0.25, 0.3) is 0 Å². The number of anilines is 1. The molecule has 3 aromatic rings. The van der Waals surface area contributed by atoms with Crippen LogP contribution in [-0.4, -0.2) is 35.3 Å². The fourth-order valence-electron chi connectivity index (χ4n) is 4.22. The van der Waals surface area contributed by atoms with Crippen LogP contribution in [0.15, 0.2) is 79.0 Å². The predicted octanol–water partition coefficient (Wildman–Crippen LogP) is 4.24. The van der Waals surface area contributed by atoms with E-state index in [1.807, 2.05) is 72.8 Å². The zero-order valence-corrected chi connectivity index (χ0v) is 17.9. The summed E-state index contributed by atoms with van der Waals surface area (Å²) in [6, 6.07) is 23.3. The number of benzene rings is 2. The van der Waals surface area contributed by atoms with Crippen LogP contribution in [0.25, 0.3) is 0 Å². The zero-order chi connectivity index (χ0) is 21.8. The van der Waals surface area contributed by atoms with Crippen molar-refractivity contribution in [2.24, 2.45) is 5.92 Å². The zero-order valence-electron chi connectivity index (χ0n) is 17.9. The molecule has 2 amide bonds. The third kappa shape index (κ3) is 4.36. The van der Waals surface area contributed by atoms with Crippen molar-refractivity contribution in [3.05, 3.63) is 95.8 Å². The van der Waals surface area contributed by atoms with E-state index in [1.54, 1.807) is 23.0 Å². The van der Waals surface area contributed by atoms with Crippen LogP contribution in [0.5, 0.6) is 0 Å². The molecule has 1 aliphatic heterocycles. The van der Waals surface area contributed by atoms with Gasteiger partial charge in [-0.2, -0.15) is 0 Å². The molecule has 0 N–H and O–H groups in total. The Morgan fingerprint density at radius 1 is 1.06 bits per heavy atom. The highest BCUT2D eigenvalue weighted by molar-refractivity contribution is 6.00. The molecule has 1 aromatic heterocycles. The molecule has 1 aliphatic rings. The Kier molecular flexibility index (Phi) is 6.12. The maximum Gasteiger partial charge on any atom is 0.228 e. The number of nitrogens with zero attached hydrogens (tertiary/aromatic N) is 3. The molecule has 0 spiro atoms. The molecular weight excluding hydrogens is 386 g/mol. The molecule has 5 nitrogen and oxygen atoms in total. The van der Waals surface area contributed by atoms with Crippen molar-refractivity contribution in [2.45, 2.75) is 25.8 Å². The number of rotatable bonds is 6. The summed E-state index contributed by atoms with van der Waals surface area (Å²) in [7, 11) is 1.80. The van der Waals surface area contributed by atoms with Crippen LogP contribution in [0.3, 0.4) is 0 Å². The second-order valence-electron chi connectivity index (χ2n) is 7.94. The summed E-state index contributed by atoms with van der Waals surface area (Å²) in [6.07, 6.45) is 2.92. The van der Waals surface area contributed by atoms with E-state index in [4.69, 9.17) is 0 Å².